The van der Waals surface area contributed by atoms with E-state index in [4.69, 9.17) is 5.73 Å². The van der Waals surface area contributed by atoms with Crippen molar-refractivity contribution in [1.82, 2.24) is 9.80 Å². The maximum absolute atomic E-state index is 5.62. The van der Waals surface area contributed by atoms with Crippen LogP contribution in [-0.2, 0) is 0 Å². The van der Waals surface area contributed by atoms with Crippen molar-refractivity contribution in [1.29, 1.82) is 0 Å². The van der Waals surface area contributed by atoms with Crippen LogP contribution in [0.3, 0.4) is 0 Å². The number of likely N-dealkylation sites (tertiary alicyclic amines) is 1. The lowest BCUT2D eigenvalue weighted by atomic mass is 9.96. The molecule has 0 spiro atoms. The molecule has 1 aliphatic rings. The van der Waals surface area contributed by atoms with Crippen LogP contribution in [0.4, 0.5) is 0 Å². The van der Waals surface area contributed by atoms with Gasteiger partial charge in [-0.2, -0.15) is 0 Å². The van der Waals surface area contributed by atoms with Crippen molar-refractivity contribution in [2.75, 3.05) is 39.9 Å². The van der Waals surface area contributed by atoms with E-state index in [1.54, 1.807) is 0 Å². The molecule has 104 valence electrons. The zero-order valence-electron chi connectivity index (χ0n) is 12.3. The highest BCUT2D eigenvalue weighted by Crippen LogP contribution is 2.17. The van der Waals surface area contributed by atoms with Crippen molar-refractivity contribution in [2.45, 2.75) is 33.1 Å². The zero-order chi connectivity index (χ0) is 13.4. The summed E-state index contributed by atoms with van der Waals surface area (Å²) in [6, 6.07) is 0. The molecule has 0 aromatic heterocycles. The standard InChI is InChI=1S/C15H29N3/c1-14(2)6-4-5-9-18-10-7-15(8-11-18)12-17(3)13-16/h14-15H,5,7-13,16H2,1-3H3. The Labute approximate surface area is 113 Å². The number of hydrogen-bond acceptors (Lipinski definition) is 3. The molecule has 0 aromatic rings. The Hall–Kier alpha value is -0.560. The fraction of sp³-hybridized carbons (Fsp3) is 0.867. The molecule has 1 heterocycles. The molecule has 0 aromatic carbocycles. The Morgan fingerprint density at radius 2 is 2.00 bits per heavy atom. The Balaban J connectivity index is 2.14. The molecule has 0 atom stereocenters. The van der Waals surface area contributed by atoms with Crippen molar-refractivity contribution >= 4 is 0 Å². The van der Waals surface area contributed by atoms with E-state index < -0.39 is 0 Å². The van der Waals surface area contributed by atoms with Gasteiger partial charge in [-0.3, -0.25) is 4.90 Å². The lowest BCUT2D eigenvalue weighted by molar-refractivity contribution is 0.158. The van der Waals surface area contributed by atoms with Crippen LogP contribution in [-0.4, -0.2) is 49.7 Å². The molecule has 0 saturated carbocycles. The third-order valence-electron chi connectivity index (χ3n) is 3.53. The van der Waals surface area contributed by atoms with Gasteiger partial charge >= 0.3 is 0 Å². The van der Waals surface area contributed by atoms with Crippen molar-refractivity contribution in [3.63, 3.8) is 0 Å². The van der Waals surface area contributed by atoms with Crippen LogP contribution >= 0.6 is 0 Å². The van der Waals surface area contributed by atoms with E-state index in [0.717, 1.165) is 25.4 Å². The van der Waals surface area contributed by atoms with E-state index in [1.165, 1.54) is 25.9 Å². The van der Waals surface area contributed by atoms with Gasteiger partial charge in [-0.1, -0.05) is 13.8 Å². The molecule has 0 radical (unpaired) electrons. The summed E-state index contributed by atoms with van der Waals surface area (Å²) in [5.41, 5.74) is 5.62. The van der Waals surface area contributed by atoms with Crippen LogP contribution in [0.5, 0.6) is 0 Å². The van der Waals surface area contributed by atoms with Crippen LogP contribution < -0.4 is 5.73 Å². The van der Waals surface area contributed by atoms with E-state index in [0.29, 0.717) is 12.6 Å². The predicted molar refractivity (Wildman–Crippen MR) is 78.1 cm³/mol. The molecule has 3 nitrogen and oxygen atoms in total. The Bertz CT molecular complexity index is 269. The molecule has 1 aliphatic heterocycles. The first-order valence-electron chi connectivity index (χ1n) is 7.21. The number of piperidine rings is 1. The minimum Gasteiger partial charge on any atom is -0.318 e. The summed E-state index contributed by atoms with van der Waals surface area (Å²) in [6.45, 7) is 9.71. The molecule has 1 fully saturated rings. The van der Waals surface area contributed by atoms with Crippen molar-refractivity contribution < 1.29 is 0 Å². The van der Waals surface area contributed by atoms with Crippen LogP contribution in [0.25, 0.3) is 0 Å². The minimum atomic E-state index is 0.502. The van der Waals surface area contributed by atoms with Gasteiger partial charge in [0, 0.05) is 32.1 Å². The average Bonchev–Trinajstić information content (AvgIpc) is 2.36. The number of hydrogen-bond donors (Lipinski definition) is 1. The van der Waals surface area contributed by atoms with E-state index in [9.17, 15) is 0 Å². The normalized spacial score (nSPS) is 18.1. The van der Waals surface area contributed by atoms with Gasteiger partial charge in [-0.05, 0) is 38.9 Å². The van der Waals surface area contributed by atoms with E-state index in [2.05, 4.69) is 42.5 Å². The van der Waals surface area contributed by atoms with E-state index in [1.807, 2.05) is 0 Å². The highest BCUT2D eigenvalue weighted by atomic mass is 15.2. The Kier molecular flexibility index (Phi) is 7.34. The second-order valence-electron chi connectivity index (χ2n) is 5.73. The summed E-state index contributed by atoms with van der Waals surface area (Å²) < 4.78 is 0. The third kappa shape index (κ3) is 6.39. The number of nitrogens with two attached hydrogens (primary N) is 1. The van der Waals surface area contributed by atoms with Crippen LogP contribution in [0.15, 0.2) is 0 Å². The highest BCUT2D eigenvalue weighted by molar-refractivity contribution is 5.01. The molecular formula is C15H29N3. The minimum absolute atomic E-state index is 0.502. The summed E-state index contributed by atoms with van der Waals surface area (Å²) >= 11 is 0. The fourth-order valence-corrected chi connectivity index (χ4v) is 2.40. The van der Waals surface area contributed by atoms with Crippen molar-refractivity contribution in [3.8, 4) is 11.8 Å². The fourth-order valence-electron chi connectivity index (χ4n) is 2.40. The summed E-state index contributed by atoms with van der Waals surface area (Å²) in [5, 5.41) is 0. The molecule has 1 rings (SSSR count). The second kappa shape index (κ2) is 8.53. The Morgan fingerprint density at radius 1 is 1.33 bits per heavy atom. The van der Waals surface area contributed by atoms with E-state index >= 15 is 0 Å². The van der Waals surface area contributed by atoms with Crippen molar-refractivity contribution in [2.24, 2.45) is 17.6 Å². The Morgan fingerprint density at radius 3 is 2.56 bits per heavy atom. The smallest absolute Gasteiger partial charge is 0.0452 e. The van der Waals surface area contributed by atoms with Crippen LogP contribution in [0, 0.1) is 23.7 Å². The molecule has 2 N–H and O–H groups in total. The highest BCUT2D eigenvalue weighted by Gasteiger charge is 2.19. The first-order valence-corrected chi connectivity index (χ1v) is 7.21. The lowest BCUT2D eigenvalue weighted by Crippen LogP contribution is -2.39. The molecule has 0 bridgehead atoms. The van der Waals surface area contributed by atoms with Gasteiger partial charge in [0.15, 0.2) is 0 Å². The van der Waals surface area contributed by atoms with Gasteiger partial charge in [0.05, 0.1) is 0 Å². The van der Waals surface area contributed by atoms with Crippen molar-refractivity contribution in [3.05, 3.63) is 0 Å². The maximum atomic E-state index is 5.62. The summed E-state index contributed by atoms with van der Waals surface area (Å²) in [5.74, 6) is 7.83. The average molecular weight is 251 g/mol. The first kappa shape index (κ1) is 15.5. The van der Waals surface area contributed by atoms with E-state index in [-0.39, 0.29) is 0 Å². The molecule has 0 aliphatic carbocycles. The maximum Gasteiger partial charge on any atom is 0.0452 e. The van der Waals surface area contributed by atoms with Gasteiger partial charge in [0.1, 0.15) is 0 Å². The zero-order valence-corrected chi connectivity index (χ0v) is 12.3. The molecule has 1 saturated heterocycles. The van der Waals surface area contributed by atoms with Crippen LogP contribution in [0.2, 0.25) is 0 Å². The third-order valence-corrected chi connectivity index (χ3v) is 3.53. The summed E-state index contributed by atoms with van der Waals surface area (Å²) in [6.07, 6.45) is 3.63. The number of nitrogens with zero attached hydrogens (tertiary/aromatic N) is 2. The summed E-state index contributed by atoms with van der Waals surface area (Å²) in [4.78, 5) is 4.77. The summed E-state index contributed by atoms with van der Waals surface area (Å²) in [7, 11) is 2.11. The molecule has 18 heavy (non-hydrogen) atoms. The predicted octanol–water partition coefficient (Wildman–Crippen LogP) is 1.60. The van der Waals surface area contributed by atoms with Gasteiger partial charge in [-0.15, -0.1) is 11.8 Å². The van der Waals surface area contributed by atoms with Gasteiger partial charge in [0.2, 0.25) is 0 Å². The lowest BCUT2D eigenvalue weighted by Gasteiger charge is -2.33. The first-order chi connectivity index (χ1) is 8.61. The van der Waals surface area contributed by atoms with Gasteiger partial charge < -0.3 is 10.6 Å². The quantitative estimate of drug-likeness (QED) is 0.595. The largest absolute Gasteiger partial charge is 0.318 e. The number of rotatable bonds is 5. The molecule has 3 heteroatoms. The SMILES string of the molecule is CC(C)C#CCCN1CCC(CN(C)CN)CC1. The molecule has 0 amide bonds. The second-order valence-corrected chi connectivity index (χ2v) is 5.73. The molecular weight excluding hydrogens is 222 g/mol. The van der Waals surface area contributed by atoms with Gasteiger partial charge in [0.25, 0.3) is 0 Å². The van der Waals surface area contributed by atoms with Crippen LogP contribution in [0.1, 0.15) is 33.1 Å². The van der Waals surface area contributed by atoms with Gasteiger partial charge in [-0.25, -0.2) is 0 Å². The molecule has 0 unspecified atom stereocenters. The monoisotopic (exact) mass is 251 g/mol. The topological polar surface area (TPSA) is 32.5 Å².